The summed E-state index contributed by atoms with van der Waals surface area (Å²) >= 11 is 0. The van der Waals surface area contributed by atoms with E-state index in [1.165, 1.54) is 0 Å². The third-order valence-electron chi connectivity index (χ3n) is 1.25. The van der Waals surface area contributed by atoms with Crippen LogP contribution in [0.3, 0.4) is 0 Å². The quantitative estimate of drug-likeness (QED) is 0.562. The van der Waals surface area contributed by atoms with Gasteiger partial charge in [0.2, 0.25) is 8.03 Å². The maximum atomic E-state index is 10.5. The van der Waals surface area contributed by atoms with Crippen LogP contribution in [0.5, 0.6) is 0 Å². The molecule has 0 fully saturated rings. The van der Waals surface area contributed by atoms with Crippen molar-refractivity contribution in [1.29, 1.82) is 0 Å². The van der Waals surface area contributed by atoms with Crippen molar-refractivity contribution in [1.82, 2.24) is 0 Å². The van der Waals surface area contributed by atoms with Gasteiger partial charge in [0.15, 0.2) is 0 Å². The van der Waals surface area contributed by atoms with E-state index in [4.69, 9.17) is 20.4 Å². The van der Waals surface area contributed by atoms with Crippen molar-refractivity contribution in [2.24, 2.45) is 5.73 Å². The van der Waals surface area contributed by atoms with Crippen LogP contribution in [0.25, 0.3) is 0 Å². The van der Waals surface area contributed by atoms with Gasteiger partial charge in [-0.15, -0.1) is 0 Å². The topological polar surface area (TPSA) is 121 Å². The average Bonchev–Trinajstić information content (AvgIpc) is 1.95. The molecule has 94 valence electrons. The van der Waals surface area contributed by atoms with E-state index in [-0.39, 0.29) is 6.42 Å². The molecule has 0 rings (SSSR count). The minimum Gasteiger partial charge on any atom is -0.346 e. The molecule has 0 amide bonds. The van der Waals surface area contributed by atoms with E-state index in [9.17, 15) is 9.13 Å². The van der Waals surface area contributed by atoms with Crippen molar-refractivity contribution in [3.8, 4) is 0 Å². The Balaban J connectivity index is 0. The summed E-state index contributed by atoms with van der Waals surface area (Å²) in [6.07, 6.45) is 0.589. The minimum absolute atomic E-state index is 0.0958. The van der Waals surface area contributed by atoms with Crippen molar-refractivity contribution in [3.63, 3.8) is 0 Å². The monoisotopic (exact) mass is 261 g/mol. The molecule has 0 bridgehead atoms. The average molecular weight is 261 g/mol. The summed E-state index contributed by atoms with van der Waals surface area (Å²) in [5.74, 6) is 0. The van der Waals surface area contributed by atoms with Gasteiger partial charge in [-0.2, -0.15) is 0 Å². The summed E-state index contributed by atoms with van der Waals surface area (Å²) in [6.45, 7) is 5.59. The fourth-order valence-electron chi connectivity index (χ4n) is 0.709. The molecule has 0 aromatic rings. The first-order chi connectivity index (χ1) is 6.62. The molecule has 0 aromatic carbocycles. The Morgan fingerprint density at radius 2 is 1.73 bits per heavy atom. The molecule has 0 saturated carbocycles. The van der Waals surface area contributed by atoms with Crippen molar-refractivity contribution in [2.75, 3.05) is 0 Å². The molecule has 5 N–H and O–H groups in total. The smallest absolute Gasteiger partial charge is 0.337 e. The highest BCUT2D eigenvalue weighted by Crippen LogP contribution is 2.53. The summed E-state index contributed by atoms with van der Waals surface area (Å²) in [7, 11) is -7.47. The number of nitrogens with two attached hydrogens (primary N) is 1. The van der Waals surface area contributed by atoms with Gasteiger partial charge < -0.3 is 20.4 Å². The fourth-order valence-corrected chi connectivity index (χ4v) is 2.99. The molecule has 0 saturated heterocycles. The van der Waals surface area contributed by atoms with Gasteiger partial charge in [0, 0.05) is 0 Å². The summed E-state index contributed by atoms with van der Waals surface area (Å²) < 4.78 is 21.0. The Morgan fingerprint density at radius 1 is 1.40 bits per heavy atom. The van der Waals surface area contributed by atoms with E-state index in [0.29, 0.717) is 12.5 Å². The lowest BCUT2D eigenvalue weighted by Crippen LogP contribution is -2.06. The third kappa shape index (κ3) is 12.2. The largest absolute Gasteiger partial charge is 0.346 e. The summed E-state index contributed by atoms with van der Waals surface area (Å²) in [6, 6.07) is 0.333. The predicted octanol–water partition coefficient (Wildman–Crippen LogP) is 1.11. The van der Waals surface area contributed by atoms with Crippen molar-refractivity contribution >= 4 is 15.6 Å². The lowest BCUT2D eigenvalue weighted by molar-refractivity contribution is 0.362. The Hall–Kier alpha value is 0.300. The van der Waals surface area contributed by atoms with Crippen LogP contribution in [-0.2, 0) is 9.13 Å². The molecule has 2 atom stereocenters. The fraction of sp³-hybridized carbons (Fsp3) is 1.00. The Morgan fingerprint density at radius 3 is 1.80 bits per heavy atom. The van der Waals surface area contributed by atoms with Crippen molar-refractivity contribution < 1.29 is 23.8 Å². The van der Waals surface area contributed by atoms with Crippen LogP contribution in [-0.4, -0.2) is 26.1 Å². The normalized spacial score (nSPS) is 15.5. The zero-order chi connectivity index (χ0) is 12.6. The van der Waals surface area contributed by atoms with Gasteiger partial charge in [-0.3, -0.25) is 9.13 Å². The van der Waals surface area contributed by atoms with Gasteiger partial charge in [0.1, 0.15) is 5.40 Å². The molecule has 0 heterocycles. The van der Waals surface area contributed by atoms with Gasteiger partial charge in [0.05, 0.1) is 0 Å². The lowest BCUT2D eigenvalue weighted by Gasteiger charge is -2.13. The summed E-state index contributed by atoms with van der Waals surface area (Å²) in [5.41, 5.74) is 5.11. The molecule has 0 spiro atoms. The molecule has 0 aliphatic heterocycles. The van der Waals surface area contributed by atoms with E-state index < -0.39 is 21.0 Å². The second-order valence-electron chi connectivity index (χ2n) is 3.48. The maximum absolute atomic E-state index is 10.5. The molecule has 0 aliphatic carbocycles. The summed E-state index contributed by atoms with van der Waals surface area (Å²) in [4.78, 5) is 25.6. The Bertz CT molecular complexity index is 225. The second-order valence-corrected chi connectivity index (χ2v) is 7.14. The molecule has 0 radical (unpaired) electrons. The molecular formula is C7H21NO5P2. The van der Waals surface area contributed by atoms with Crippen LogP contribution in [0.15, 0.2) is 0 Å². The molecule has 2 unspecified atom stereocenters. The van der Waals surface area contributed by atoms with Crippen LogP contribution in [0.4, 0.5) is 0 Å². The van der Waals surface area contributed by atoms with Gasteiger partial charge in [-0.25, -0.2) is 0 Å². The van der Waals surface area contributed by atoms with E-state index in [0.717, 1.165) is 0 Å². The van der Waals surface area contributed by atoms with Gasteiger partial charge in [0.25, 0.3) is 0 Å². The number of hydrogen-bond donors (Lipinski definition) is 4. The Labute approximate surface area is 90.9 Å². The standard InChI is InChI=1S/C4H12O5P2.C3H9N/c1-2-3-4(10(5)6)11(7,8)9;1-3(2)4/h4,10H,2-3H2,1H3,(H,5,6)(H2,7,8,9);3H,4H2,1-2H3. The lowest BCUT2D eigenvalue weighted by atomic mass is 10.4. The van der Waals surface area contributed by atoms with E-state index in [2.05, 4.69) is 0 Å². The number of hydrogen-bond acceptors (Lipinski definition) is 3. The SMILES string of the molecule is CC(C)N.CCCC([PH](=O)O)P(=O)(O)O. The highest BCUT2D eigenvalue weighted by molar-refractivity contribution is 7.65. The number of rotatable bonds is 4. The zero-order valence-corrected chi connectivity index (χ0v) is 11.1. The second kappa shape index (κ2) is 8.45. The molecule has 6 nitrogen and oxygen atoms in total. The van der Waals surface area contributed by atoms with E-state index >= 15 is 0 Å². The first kappa shape index (κ1) is 17.7. The highest BCUT2D eigenvalue weighted by Gasteiger charge is 2.32. The summed E-state index contributed by atoms with van der Waals surface area (Å²) in [5, 5.41) is -1.35. The van der Waals surface area contributed by atoms with Crippen LogP contribution in [0.1, 0.15) is 33.6 Å². The van der Waals surface area contributed by atoms with Gasteiger partial charge >= 0.3 is 7.60 Å². The molecule has 0 aliphatic rings. The van der Waals surface area contributed by atoms with Crippen LogP contribution >= 0.6 is 15.6 Å². The van der Waals surface area contributed by atoms with Gasteiger partial charge in [-0.1, -0.05) is 27.2 Å². The van der Waals surface area contributed by atoms with Crippen molar-refractivity contribution in [2.45, 2.75) is 45.1 Å². The van der Waals surface area contributed by atoms with Crippen LogP contribution in [0.2, 0.25) is 0 Å². The molecule has 8 heteroatoms. The maximum Gasteiger partial charge on any atom is 0.337 e. The Kier molecular flexibility index (Phi) is 9.97. The van der Waals surface area contributed by atoms with Crippen LogP contribution in [0, 0.1) is 0 Å². The predicted molar refractivity (Wildman–Crippen MR) is 61.3 cm³/mol. The first-order valence-corrected chi connectivity index (χ1v) is 7.77. The molecule has 15 heavy (non-hydrogen) atoms. The van der Waals surface area contributed by atoms with Crippen molar-refractivity contribution in [3.05, 3.63) is 0 Å². The zero-order valence-electron chi connectivity index (χ0n) is 9.25. The molecular weight excluding hydrogens is 240 g/mol. The molecule has 0 aromatic heterocycles. The van der Waals surface area contributed by atoms with E-state index in [1.54, 1.807) is 6.92 Å². The van der Waals surface area contributed by atoms with Gasteiger partial charge in [-0.05, 0) is 12.5 Å². The highest BCUT2D eigenvalue weighted by atomic mass is 31.2. The third-order valence-corrected chi connectivity index (χ3v) is 4.85. The van der Waals surface area contributed by atoms with Crippen LogP contribution < -0.4 is 5.73 Å². The minimum atomic E-state index is -4.37. The van der Waals surface area contributed by atoms with E-state index in [1.807, 2.05) is 13.8 Å². The first-order valence-electron chi connectivity index (χ1n) is 4.66.